The lowest BCUT2D eigenvalue weighted by Crippen LogP contribution is -2.53. The Morgan fingerprint density at radius 2 is 1.77 bits per heavy atom. The van der Waals surface area contributed by atoms with Crippen LogP contribution in [0.25, 0.3) is 0 Å². The van der Waals surface area contributed by atoms with E-state index in [4.69, 9.17) is 0 Å². The summed E-state index contributed by atoms with van der Waals surface area (Å²) in [5.74, 6) is -0.194. The van der Waals surface area contributed by atoms with Crippen LogP contribution in [0.4, 0.5) is 4.39 Å². The number of carbonyl (C=O) groups is 2. The van der Waals surface area contributed by atoms with Crippen molar-refractivity contribution < 1.29 is 14.0 Å². The van der Waals surface area contributed by atoms with Crippen molar-refractivity contribution in [3.8, 4) is 0 Å². The van der Waals surface area contributed by atoms with Crippen LogP contribution in [0.2, 0.25) is 0 Å². The molecule has 1 spiro atoms. The van der Waals surface area contributed by atoms with Gasteiger partial charge in [0, 0.05) is 48.4 Å². The molecule has 2 aliphatic rings. The number of carbonyl (C=O) groups excluding carboxylic acids is 2. The number of benzene rings is 2. The standard InChI is InChI=1S/C28H31FN4O2/c1-20-16-21(2)33(30-20)18-22-6-5-8-23(17-22)27(35)31-14-12-28(13-15-31)11-10-26(34)32(28)19-24-7-3-4-9-25(24)29/h3-9,16-17H,10-15,18-19H2,1-2H3. The Hall–Kier alpha value is -3.48. The highest BCUT2D eigenvalue weighted by atomic mass is 19.1. The third-order valence-electron chi connectivity index (χ3n) is 7.56. The fraction of sp³-hybridized carbons (Fsp3) is 0.393. The van der Waals surface area contributed by atoms with Crippen LogP contribution in [-0.4, -0.2) is 50.0 Å². The van der Waals surface area contributed by atoms with Gasteiger partial charge in [-0.05, 0) is 62.9 Å². The molecule has 2 aromatic carbocycles. The number of amides is 2. The minimum atomic E-state index is -0.298. The molecule has 3 aromatic rings. The summed E-state index contributed by atoms with van der Waals surface area (Å²) in [6.07, 6.45) is 2.67. The molecule has 2 aliphatic heterocycles. The van der Waals surface area contributed by atoms with E-state index in [1.165, 1.54) is 6.07 Å². The lowest BCUT2D eigenvalue weighted by atomic mass is 9.84. The van der Waals surface area contributed by atoms with E-state index in [2.05, 4.69) is 5.10 Å². The zero-order valence-electron chi connectivity index (χ0n) is 20.3. The number of aromatic nitrogens is 2. The summed E-state index contributed by atoms with van der Waals surface area (Å²) in [5, 5.41) is 4.52. The van der Waals surface area contributed by atoms with Crippen LogP contribution in [0.1, 0.15) is 58.6 Å². The molecule has 6 nitrogen and oxygen atoms in total. The van der Waals surface area contributed by atoms with Gasteiger partial charge in [-0.3, -0.25) is 14.3 Å². The fourth-order valence-corrected chi connectivity index (χ4v) is 5.57. The van der Waals surface area contributed by atoms with Crippen molar-refractivity contribution in [2.75, 3.05) is 13.1 Å². The minimum absolute atomic E-state index is 0.0139. The van der Waals surface area contributed by atoms with E-state index in [1.54, 1.807) is 18.2 Å². The van der Waals surface area contributed by atoms with E-state index < -0.39 is 0 Å². The molecule has 35 heavy (non-hydrogen) atoms. The molecule has 1 aromatic heterocycles. The number of halogens is 1. The largest absolute Gasteiger partial charge is 0.338 e. The van der Waals surface area contributed by atoms with Gasteiger partial charge in [-0.15, -0.1) is 0 Å². The first-order valence-corrected chi connectivity index (χ1v) is 12.3. The highest BCUT2D eigenvalue weighted by Gasteiger charge is 2.47. The Bertz CT molecular complexity index is 1260. The second-order valence-corrected chi connectivity index (χ2v) is 9.87. The van der Waals surface area contributed by atoms with Gasteiger partial charge < -0.3 is 9.80 Å². The molecule has 0 unspecified atom stereocenters. The van der Waals surface area contributed by atoms with Gasteiger partial charge in [-0.25, -0.2) is 4.39 Å². The summed E-state index contributed by atoms with van der Waals surface area (Å²) in [6, 6.07) is 16.4. The summed E-state index contributed by atoms with van der Waals surface area (Å²) in [7, 11) is 0. The van der Waals surface area contributed by atoms with Crippen molar-refractivity contribution in [2.24, 2.45) is 0 Å². The van der Waals surface area contributed by atoms with Gasteiger partial charge in [-0.1, -0.05) is 30.3 Å². The predicted molar refractivity (Wildman–Crippen MR) is 131 cm³/mol. The molecule has 0 radical (unpaired) electrons. The van der Waals surface area contributed by atoms with E-state index in [1.807, 2.05) is 58.7 Å². The second-order valence-electron chi connectivity index (χ2n) is 9.87. The molecule has 182 valence electrons. The lowest BCUT2D eigenvalue weighted by molar-refractivity contribution is -0.133. The molecule has 0 N–H and O–H groups in total. The Kier molecular flexibility index (Phi) is 6.17. The molecule has 2 saturated heterocycles. The molecule has 0 saturated carbocycles. The Labute approximate surface area is 205 Å². The normalized spacial score (nSPS) is 17.4. The zero-order chi connectivity index (χ0) is 24.6. The van der Waals surface area contributed by atoms with Gasteiger partial charge in [0.15, 0.2) is 0 Å². The SMILES string of the molecule is Cc1cc(C)n(Cc2cccc(C(=O)N3CCC4(CCC(=O)N4Cc4ccccc4F)CC3)c2)n1. The fourth-order valence-electron chi connectivity index (χ4n) is 5.57. The Morgan fingerprint density at radius 1 is 1.00 bits per heavy atom. The van der Waals surface area contributed by atoms with Crippen LogP contribution in [-0.2, 0) is 17.9 Å². The maximum absolute atomic E-state index is 14.3. The number of hydrogen-bond acceptors (Lipinski definition) is 3. The van der Waals surface area contributed by atoms with Crippen molar-refractivity contribution in [1.82, 2.24) is 19.6 Å². The van der Waals surface area contributed by atoms with Gasteiger partial charge in [-0.2, -0.15) is 5.10 Å². The van der Waals surface area contributed by atoms with E-state index in [0.29, 0.717) is 50.0 Å². The van der Waals surface area contributed by atoms with E-state index in [0.717, 1.165) is 23.4 Å². The number of likely N-dealkylation sites (tertiary alicyclic amines) is 2. The summed E-state index contributed by atoms with van der Waals surface area (Å²) in [5.41, 5.74) is 4.02. The van der Waals surface area contributed by atoms with Gasteiger partial charge in [0.25, 0.3) is 5.91 Å². The average molecular weight is 475 g/mol. The topological polar surface area (TPSA) is 58.4 Å². The molecule has 3 heterocycles. The van der Waals surface area contributed by atoms with E-state index in [9.17, 15) is 14.0 Å². The number of rotatable bonds is 5. The number of nitrogens with zero attached hydrogens (tertiary/aromatic N) is 4. The molecule has 2 fully saturated rings. The monoisotopic (exact) mass is 474 g/mol. The molecular weight excluding hydrogens is 443 g/mol. The Balaban J connectivity index is 1.27. The summed E-state index contributed by atoms with van der Waals surface area (Å²) < 4.78 is 16.2. The molecule has 0 aliphatic carbocycles. The quantitative estimate of drug-likeness (QED) is 0.548. The van der Waals surface area contributed by atoms with Crippen LogP contribution in [0.5, 0.6) is 0 Å². The molecule has 2 amide bonds. The minimum Gasteiger partial charge on any atom is -0.338 e. The van der Waals surface area contributed by atoms with Crippen LogP contribution in [0.15, 0.2) is 54.6 Å². The first-order valence-electron chi connectivity index (χ1n) is 12.3. The maximum Gasteiger partial charge on any atom is 0.253 e. The number of piperidine rings is 1. The molecule has 0 bridgehead atoms. The molecule has 7 heteroatoms. The third-order valence-corrected chi connectivity index (χ3v) is 7.56. The molecule has 5 rings (SSSR count). The zero-order valence-corrected chi connectivity index (χ0v) is 20.3. The van der Waals surface area contributed by atoms with Crippen LogP contribution in [0.3, 0.4) is 0 Å². The summed E-state index contributed by atoms with van der Waals surface area (Å²) >= 11 is 0. The van der Waals surface area contributed by atoms with Crippen LogP contribution >= 0.6 is 0 Å². The van der Waals surface area contributed by atoms with Crippen molar-refractivity contribution in [2.45, 2.75) is 58.2 Å². The number of hydrogen-bond donors (Lipinski definition) is 0. The van der Waals surface area contributed by atoms with Gasteiger partial charge >= 0.3 is 0 Å². The number of aryl methyl sites for hydroxylation is 2. The molecule has 0 atom stereocenters. The second kappa shape index (κ2) is 9.29. The van der Waals surface area contributed by atoms with Gasteiger partial charge in [0.2, 0.25) is 5.91 Å². The van der Waals surface area contributed by atoms with Crippen molar-refractivity contribution in [3.63, 3.8) is 0 Å². The summed E-state index contributed by atoms with van der Waals surface area (Å²) in [4.78, 5) is 29.8. The van der Waals surface area contributed by atoms with Gasteiger partial charge in [0.1, 0.15) is 5.82 Å². The van der Waals surface area contributed by atoms with E-state index in [-0.39, 0.29) is 29.7 Å². The maximum atomic E-state index is 14.3. The lowest BCUT2D eigenvalue weighted by Gasteiger charge is -2.45. The highest BCUT2D eigenvalue weighted by molar-refractivity contribution is 5.94. The Morgan fingerprint density at radius 3 is 2.49 bits per heavy atom. The van der Waals surface area contributed by atoms with Crippen molar-refractivity contribution >= 4 is 11.8 Å². The third kappa shape index (κ3) is 4.59. The smallest absolute Gasteiger partial charge is 0.253 e. The first-order chi connectivity index (χ1) is 16.8. The summed E-state index contributed by atoms with van der Waals surface area (Å²) in [6.45, 7) is 6.08. The molecular formula is C28H31FN4O2. The average Bonchev–Trinajstić information content (AvgIpc) is 3.33. The first kappa shape index (κ1) is 23.3. The predicted octanol–water partition coefficient (Wildman–Crippen LogP) is 4.48. The highest BCUT2D eigenvalue weighted by Crippen LogP contribution is 2.40. The van der Waals surface area contributed by atoms with Crippen LogP contribution < -0.4 is 0 Å². The van der Waals surface area contributed by atoms with E-state index >= 15 is 0 Å². The van der Waals surface area contributed by atoms with Crippen LogP contribution in [0, 0.1) is 19.7 Å². The van der Waals surface area contributed by atoms with Crippen molar-refractivity contribution in [3.05, 3.63) is 88.5 Å². The van der Waals surface area contributed by atoms with Crippen molar-refractivity contribution in [1.29, 1.82) is 0 Å². The van der Waals surface area contributed by atoms with Gasteiger partial charge in [0.05, 0.1) is 12.2 Å².